The maximum atomic E-state index is 4.07. The lowest BCUT2D eigenvalue weighted by Gasteiger charge is -2.28. The fourth-order valence-corrected chi connectivity index (χ4v) is 5.29. The molecule has 2 bridgehead atoms. The van der Waals surface area contributed by atoms with Crippen LogP contribution < -0.4 is 5.32 Å². The fraction of sp³-hybridized carbons (Fsp3) is 0.727. The zero-order valence-corrected chi connectivity index (χ0v) is 15.2. The van der Waals surface area contributed by atoms with E-state index in [-0.39, 0.29) is 5.41 Å². The first-order chi connectivity index (χ1) is 11.0. The Kier molecular flexibility index (Phi) is 4.04. The van der Waals surface area contributed by atoms with E-state index < -0.39 is 0 Å². The monoisotopic (exact) mass is 311 g/mol. The van der Waals surface area contributed by atoms with Gasteiger partial charge in [0.05, 0.1) is 0 Å². The van der Waals surface area contributed by atoms with E-state index in [1.165, 1.54) is 56.9 Å². The topological polar surface area (TPSA) is 12.0 Å². The molecule has 0 aromatic heterocycles. The lowest BCUT2D eigenvalue weighted by Crippen LogP contribution is -2.41. The average molecular weight is 312 g/mol. The summed E-state index contributed by atoms with van der Waals surface area (Å²) in [5.74, 6) is 2.05. The van der Waals surface area contributed by atoms with Crippen molar-refractivity contribution in [3.05, 3.63) is 34.9 Å². The Bertz CT molecular complexity index is 568. The van der Waals surface area contributed by atoms with Crippen molar-refractivity contribution in [1.29, 1.82) is 0 Å². The van der Waals surface area contributed by atoms with Gasteiger partial charge in [-0.3, -0.25) is 0 Å². The van der Waals surface area contributed by atoms with Crippen LogP contribution in [0.2, 0.25) is 0 Å². The molecule has 1 N–H and O–H groups in total. The van der Waals surface area contributed by atoms with Crippen LogP contribution in [-0.2, 0) is 18.3 Å². The number of nitrogens with one attached hydrogen (secondary N) is 1. The quantitative estimate of drug-likeness (QED) is 0.757. The zero-order chi connectivity index (χ0) is 16.0. The highest BCUT2D eigenvalue weighted by Crippen LogP contribution is 2.44. The van der Waals surface area contributed by atoms with Crippen molar-refractivity contribution >= 4 is 0 Å². The van der Waals surface area contributed by atoms with Gasteiger partial charge in [-0.1, -0.05) is 45.4 Å². The summed E-state index contributed by atoms with van der Waals surface area (Å²) in [4.78, 5) is 0. The maximum absolute atomic E-state index is 4.07. The number of hydrogen-bond donors (Lipinski definition) is 1. The van der Waals surface area contributed by atoms with Gasteiger partial charge in [0.25, 0.3) is 0 Å². The van der Waals surface area contributed by atoms with Gasteiger partial charge in [-0.25, -0.2) is 0 Å². The summed E-state index contributed by atoms with van der Waals surface area (Å²) in [6, 6.07) is 8.85. The van der Waals surface area contributed by atoms with Crippen molar-refractivity contribution in [1.82, 2.24) is 5.32 Å². The largest absolute Gasteiger partial charge is 0.311 e. The molecule has 4 rings (SSSR count). The Morgan fingerprint density at radius 1 is 0.913 bits per heavy atom. The van der Waals surface area contributed by atoms with E-state index in [2.05, 4.69) is 44.3 Å². The molecule has 23 heavy (non-hydrogen) atoms. The maximum Gasteiger partial charge on any atom is 0.0101 e. The predicted molar refractivity (Wildman–Crippen MR) is 97.9 cm³/mol. The number of fused-ring (bicyclic) bond motifs is 3. The van der Waals surface area contributed by atoms with Gasteiger partial charge in [-0.15, -0.1) is 0 Å². The minimum Gasteiger partial charge on any atom is -0.311 e. The lowest BCUT2D eigenvalue weighted by atomic mass is 9.84. The molecule has 0 amide bonds. The van der Waals surface area contributed by atoms with Crippen LogP contribution in [0.1, 0.15) is 76.0 Å². The minimum atomic E-state index is 0.266. The first-order valence-corrected chi connectivity index (χ1v) is 9.87. The second-order valence-electron chi connectivity index (χ2n) is 9.46. The van der Waals surface area contributed by atoms with Crippen LogP contribution in [-0.4, -0.2) is 12.1 Å². The standard InChI is InChI=1S/C22H33N/c1-22(2,3)19-9-6-16-7-10-20(11-8-17(16)14-19)23-21-13-15-4-5-18(21)12-15/h6,9,14-15,18,20-21,23H,4-5,7-8,10-13H2,1-3H3. The molecule has 0 saturated heterocycles. The number of hydrogen-bond acceptors (Lipinski definition) is 1. The summed E-state index contributed by atoms with van der Waals surface area (Å²) < 4.78 is 0. The van der Waals surface area contributed by atoms with Crippen molar-refractivity contribution in [3.8, 4) is 0 Å². The van der Waals surface area contributed by atoms with Crippen molar-refractivity contribution in [2.45, 2.75) is 89.6 Å². The highest BCUT2D eigenvalue weighted by atomic mass is 15.0. The zero-order valence-electron chi connectivity index (χ0n) is 15.2. The third kappa shape index (κ3) is 3.22. The molecule has 2 saturated carbocycles. The molecule has 126 valence electrons. The van der Waals surface area contributed by atoms with Crippen LogP contribution in [0.25, 0.3) is 0 Å². The van der Waals surface area contributed by atoms with Crippen LogP contribution in [0.5, 0.6) is 0 Å². The first kappa shape index (κ1) is 15.7. The van der Waals surface area contributed by atoms with Crippen LogP contribution in [0.3, 0.4) is 0 Å². The van der Waals surface area contributed by atoms with E-state index in [4.69, 9.17) is 0 Å². The van der Waals surface area contributed by atoms with Gasteiger partial charge in [0.1, 0.15) is 0 Å². The molecule has 1 nitrogen and oxygen atoms in total. The second kappa shape index (κ2) is 5.92. The molecule has 4 atom stereocenters. The van der Waals surface area contributed by atoms with Crippen LogP contribution in [0, 0.1) is 11.8 Å². The molecule has 0 spiro atoms. The molecule has 0 aliphatic heterocycles. The molecule has 2 fully saturated rings. The summed E-state index contributed by atoms with van der Waals surface area (Å²) in [6.45, 7) is 6.97. The third-order valence-corrected chi connectivity index (χ3v) is 6.78. The normalized spacial score (nSPS) is 33.5. The smallest absolute Gasteiger partial charge is 0.0101 e. The highest BCUT2D eigenvalue weighted by molar-refractivity contribution is 5.36. The van der Waals surface area contributed by atoms with Crippen molar-refractivity contribution in [2.75, 3.05) is 0 Å². The molecule has 0 heterocycles. The molecule has 4 unspecified atom stereocenters. The Hall–Kier alpha value is -0.820. The Labute approximate surface area is 142 Å². The van der Waals surface area contributed by atoms with Gasteiger partial charge < -0.3 is 5.32 Å². The first-order valence-electron chi connectivity index (χ1n) is 9.87. The molecule has 1 aromatic rings. The third-order valence-electron chi connectivity index (χ3n) is 6.78. The summed E-state index contributed by atoms with van der Waals surface area (Å²) in [5.41, 5.74) is 4.99. The Balaban J connectivity index is 1.42. The molecular formula is C22H33N. The van der Waals surface area contributed by atoms with E-state index >= 15 is 0 Å². The van der Waals surface area contributed by atoms with Gasteiger partial charge in [0, 0.05) is 12.1 Å². The van der Waals surface area contributed by atoms with Crippen molar-refractivity contribution in [3.63, 3.8) is 0 Å². The van der Waals surface area contributed by atoms with Crippen LogP contribution in [0.4, 0.5) is 0 Å². The molecule has 1 heteroatoms. The Morgan fingerprint density at radius 2 is 1.70 bits per heavy atom. The number of aryl methyl sites for hydroxylation is 2. The molecule has 1 aromatic carbocycles. The van der Waals surface area contributed by atoms with Gasteiger partial charge in [0.2, 0.25) is 0 Å². The Morgan fingerprint density at radius 3 is 2.35 bits per heavy atom. The van der Waals surface area contributed by atoms with Crippen LogP contribution in [0.15, 0.2) is 18.2 Å². The SMILES string of the molecule is CC(C)(C)c1ccc2c(c1)CCC(NC1CC3CCC1C3)CC2. The summed E-state index contributed by atoms with van der Waals surface area (Å²) in [5, 5.41) is 4.07. The summed E-state index contributed by atoms with van der Waals surface area (Å²) >= 11 is 0. The molecule has 3 aliphatic carbocycles. The van der Waals surface area contributed by atoms with Gasteiger partial charge in [0.15, 0.2) is 0 Å². The number of benzene rings is 1. The van der Waals surface area contributed by atoms with E-state index in [9.17, 15) is 0 Å². The van der Waals surface area contributed by atoms with Crippen molar-refractivity contribution in [2.24, 2.45) is 11.8 Å². The highest BCUT2D eigenvalue weighted by Gasteiger charge is 2.40. The van der Waals surface area contributed by atoms with Crippen molar-refractivity contribution < 1.29 is 0 Å². The summed E-state index contributed by atoms with van der Waals surface area (Å²) in [7, 11) is 0. The lowest BCUT2D eigenvalue weighted by molar-refractivity contribution is 0.304. The van der Waals surface area contributed by atoms with Gasteiger partial charge in [-0.05, 0) is 78.9 Å². The van der Waals surface area contributed by atoms with E-state index in [1.807, 2.05) is 0 Å². The van der Waals surface area contributed by atoms with Gasteiger partial charge >= 0.3 is 0 Å². The fourth-order valence-electron chi connectivity index (χ4n) is 5.29. The van der Waals surface area contributed by atoms with E-state index in [1.54, 1.807) is 11.1 Å². The molecule has 0 radical (unpaired) electrons. The van der Waals surface area contributed by atoms with E-state index in [0.717, 1.165) is 23.9 Å². The van der Waals surface area contributed by atoms with Crippen LogP contribution >= 0.6 is 0 Å². The summed E-state index contributed by atoms with van der Waals surface area (Å²) in [6.07, 6.45) is 11.2. The average Bonchev–Trinajstić information content (AvgIpc) is 3.06. The molecular weight excluding hydrogens is 278 g/mol. The number of rotatable bonds is 2. The molecule has 3 aliphatic rings. The van der Waals surface area contributed by atoms with E-state index in [0.29, 0.717) is 0 Å². The second-order valence-corrected chi connectivity index (χ2v) is 9.46. The van der Waals surface area contributed by atoms with Gasteiger partial charge in [-0.2, -0.15) is 0 Å². The predicted octanol–water partition coefficient (Wildman–Crippen LogP) is 5.01. The minimum absolute atomic E-state index is 0.266.